The van der Waals surface area contributed by atoms with Crippen molar-refractivity contribution in [3.8, 4) is 0 Å². The van der Waals surface area contributed by atoms with Gasteiger partial charge in [0.2, 0.25) is 0 Å². The average molecular weight is 545 g/mol. The molecule has 0 aromatic heterocycles. The van der Waals surface area contributed by atoms with Crippen LogP contribution in [0.5, 0.6) is 0 Å². The van der Waals surface area contributed by atoms with Crippen molar-refractivity contribution < 1.29 is 29.3 Å². The molecule has 0 aromatic rings. The normalized spacial score (nSPS) is 14.1. The first-order valence-corrected chi connectivity index (χ1v) is 14.6. The highest BCUT2D eigenvalue weighted by atomic mass is 16.6. The third-order valence-electron chi connectivity index (χ3n) is 5.55. The van der Waals surface area contributed by atoms with Crippen LogP contribution < -0.4 is 0 Å². The second-order valence-corrected chi connectivity index (χ2v) is 9.34. The van der Waals surface area contributed by atoms with E-state index in [1.54, 1.807) is 6.08 Å². The molecule has 0 rings (SSSR count). The lowest BCUT2D eigenvalue weighted by Crippen LogP contribution is -2.25. The van der Waals surface area contributed by atoms with Crippen LogP contribution in [0.15, 0.2) is 72.9 Å². The summed E-state index contributed by atoms with van der Waals surface area (Å²) in [4.78, 5) is 23.5. The van der Waals surface area contributed by atoms with Crippen LogP contribution in [0.1, 0.15) is 97.3 Å². The largest absolute Gasteiger partial charge is 0.463 e. The summed E-state index contributed by atoms with van der Waals surface area (Å²) in [5, 5.41) is 19.8. The smallest absolute Gasteiger partial charge is 0.306 e. The Labute approximate surface area is 236 Å². The molecule has 0 aliphatic heterocycles. The minimum Gasteiger partial charge on any atom is -0.463 e. The van der Waals surface area contributed by atoms with Gasteiger partial charge in [-0.25, -0.2) is 0 Å². The molecule has 0 aromatic carbocycles. The molecule has 0 heterocycles. The van der Waals surface area contributed by atoms with Crippen LogP contribution in [0.25, 0.3) is 0 Å². The van der Waals surface area contributed by atoms with Gasteiger partial charge in [0.15, 0.2) is 0 Å². The van der Waals surface area contributed by atoms with Gasteiger partial charge in [0.1, 0.15) is 19.3 Å². The number of allylic oxidation sites excluding steroid dienone is 10. The Morgan fingerprint density at radius 1 is 0.667 bits per heavy atom. The highest BCUT2D eigenvalue weighted by Crippen LogP contribution is 2.06. The molecular formula is C33H52O6. The standard InChI is InChI=1S/C33H52O6/c1-3-5-7-9-10-11-12-13-14-15-16-18-20-24-30(34)25-21-19-23-27-33(37)39-29-31(35)28-38-32(36)26-22-17-8-6-4-2/h5,7,10-11,13-14,16,18-21,24,30-31,34-35H,3-4,6,8-9,12,15,17,22-23,25-29H2,1-2H3/b7-5-,11-10-,14-13-,18-16-,21-19-,24-20-/t30?,31-/m0/s1. The quantitative estimate of drug-likeness (QED) is 0.0576. The lowest BCUT2D eigenvalue weighted by molar-refractivity contribution is -0.152. The van der Waals surface area contributed by atoms with E-state index in [0.29, 0.717) is 19.3 Å². The molecule has 0 saturated heterocycles. The van der Waals surface area contributed by atoms with E-state index in [4.69, 9.17) is 9.47 Å². The highest BCUT2D eigenvalue weighted by Gasteiger charge is 2.11. The van der Waals surface area contributed by atoms with Gasteiger partial charge in [-0.3, -0.25) is 9.59 Å². The van der Waals surface area contributed by atoms with Gasteiger partial charge in [-0.05, 0) is 44.9 Å². The molecule has 1 unspecified atom stereocenters. The van der Waals surface area contributed by atoms with Crippen LogP contribution in [0.2, 0.25) is 0 Å². The maximum absolute atomic E-state index is 11.8. The first kappa shape index (κ1) is 36.3. The minimum absolute atomic E-state index is 0.173. The molecule has 0 bridgehead atoms. The van der Waals surface area contributed by atoms with Gasteiger partial charge in [0.05, 0.1) is 6.10 Å². The third kappa shape index (κ3) is 28.1. The number of aliphatic hydroxyl groups excluding tert-OH is 2. The molecule has 0 spiro atoms. The van der Waals surface area contributed by atoms with E-state index in [0.717, 1.165) is 51.4 Å². The van der Waals surface area contributed by atoms with Crippen molar-refractivity contribution in [2.24, 2.45) is 0 Å². The number of rotatable bonds is 24. The topological polar surface area (TPSA) is 93.1 Å². The van der Waals surface area contributed by atoms with Gasteiger partial charge in [0, 0.05) is 12.8 Å². The minimum atomic E-state index is -1.03. The predicted octanol–water partition coefficient (Wildman–Crippen LogP) is 7.24. The predicted molar refractivity (Wildman–Crippen MR) is 160 cm³/mol. The summed E-state index contributed by atoms with van der Waals surface area (Å²) in [7, 11) is 0. The van der Waals surface area contributed by atoms with Crippen LogP contribution in [-0.4, -0.2) is 47.6 Å². The Balaban J connectivity index is 3.81. The summed E-state index contributed by atoms with van der Waals surface area (Å²) in [5.41, 5.74) is 0. The number of aliphatic hydroxyl groups is 2. The third-order valence-corrected chi connectivity index (χ3v) is 5.55. The zero-order chi connectivity index (χ0) is 28.8. The van der Waals surface area contributed by atoms with Gasteiger partial charge in [0.25, 0.3) is 0 Å². The molecule has 6 heteroatoms. The van der Waals surface area contributed by atoms with Gasteiger partial charge in [-0.1, -0.05) is 112 Å². The molecule has 2 N–H and O–H groups in total. The van der Waals surface area contributed by atoms with Crippen LogP contribution in [0.3, 0.4) is 0 Å². The fraction of sp³-hybridized carbons (Fsp3) is 0.576. The van der Waals surface area contributed by atoms with Crippen molar-refractivity contribution in [1.29, 1.82) is 0 Å². The number of carbonyl (C=O) groups is 2. The summed E-state index contributed by atoms with van der Waals surface area (Å²) in [6, 6.07) is 0. The van der Waals surface area contributed by atoms with Crippen LogP contribution in [0, 0.1) is 0 Å². The molecule has 0 amide bonds. The van der Waals surface area contributed by atoms with Crippen molar-refractivity contribution >= 4 is 11.9 Å². The molecule has 39 heavy (non-hydrogen) atoms. The second kappa shape index (κ2) is 28.3. The fourth-order valence-corrected chi connectivity index (χ4v) is 3.31. The summed E-state index contributed by atoms with van der Waals surface area (Å²) in [5.74, 6) is -0.766. The molecule has 0 radical (unpaired) electrons. The lowest BCUT2D eigenvalue weighted by atomic mass is 10.1. The number of carbonyl (C=O) groups excluding carboxylic acids is 2. The Hall–Kier alpha value is -2.70. The van der Waals surface area contributed by atoms with Gasteiger partial charge in [-0.15, -0.1) is 0 Å². The van der Waals surface area contributed by atoms with Crippen LogP contribution in [-0.2, 0) is 19.1 Å². The molecule has 0 aliphatic carbocycles. The van der Waals surface area contributed by atoms with Crippen molar-refractivity contribution in [3.05, 3.63) is 72.9 Å². The zero-order valence-corrected chi connectivity index (χ0v) is 24.2. The van der Waals surface area contributed by atoms with Crippen molar-refractivity contribution in [1.82, 2.24) is 0 Å². The summed E-state index contributed by atoms with van der Waals surface area (Å²) >= 11 is 0. The summed E-state index contributed by atoms with van der Waals surface area (Å²) in [6.45, 7) is 3.89. The van der Waals surface area contributed by atoms with Gasteiger partial charge in [-0.2, -0.15) is 0 Å². The monoisotopic (exact) mass is 544 g/mol. The highest BCUT2D eigenvalue weighted by molar-refractivity contribution is 5.70. The maximum atomic E-state index is 11.8. The fourth-order valence-electron chi connectivity index (χ4n) is 3.31. The van der Waals surface area contributed by atoms with Crippen molar-refractivity contribution in [3.63, 3.8) is 0 Å². The Kier molecular flexibility index (Phi) is 26.4. The number of ether oxygens (including phenoxy) is 2. The Morgan fingerprint density at radius 3 is 1.90 bits per heavy atom. The average Bonchev–Trinajstić information content (AvgIpc) is 2.93. The molecule has 0 saturated carbocycles. The Morgan fingerprint density at radius 2 is 1.26 bits per heavy atom. The maximum Gasteiger partial charge on any atom is 0.306 e. The first-order chi connectivity index (χ1) is 19.0. The zero-order valence-electron chi connectivity index (χ0n) is 24.2. The van der Waals surface area contributed by atoms with Crippen molar-refractivity contribution in [2.45, 2.75) is 110 Å². The van der Waals surface area contributed by atoms with Crippen molar-refractivity contribution in [2.75, 3.05) is 13.2 Å². The second-order valence-electron chi connectivity index (χ2n) is 9.34. The van der Waals surface area contributed by atoms with E-state index in [1.807, 2.05) is 30.4 Å². The van der Waals surface area contributed by atoms with Crippen LogP contribution >= 0.6 is 0 Å². The molecule has 0 fully saturated rings. The van der Waals surface area contributed by atoms with E-state index < -0.39 is 18.2 Å². The number of unbranched alkanes of at least 4 members (excludes halogenated alkanes) is 4. The molecule has 2 atom stereocenters. The van der Waals surface area contributed by atoms with Gasteiger partial charge < -0.3 is 19.7 Å². The molecule has 6 nitrogen and oxygen atoms in total. The van der Waals surface area contributed by atoms with E-state index in [-0.39, 0.29) is 25.6 Å². The van der Waals surface area contributed by atoms with Crippen LogP contribution in [0.4, 0.5) is 0 Å². The SMILES string of the molecule is CC/C=C\C/C=C\C/C=C\C/C=C\C=C/C(O)C/C=C\CCC(=O)OC[C@@H](O)COC(=O)CCCCCCC. The first-order valence-electron chi connectivity index (χ1n) is 14.6. The summed E-state index contributed by atoms with van der Waals surface area (Å²) in [6.07, 6.45) is 33.0. The lowest BCUT2D eigenvalue weighted by Gasteiger charge is -2.12. The number of hydrogen-bond acceptors (Lipinski definition) is 6. The van der Waals surface area contributed by atoms with E-state index in [1.165, 1.54) is 6.42 Å². The van der Waals surface area contributed by atoms with Gasteiger partial charge >= 0.3 is 11.9 Å². The number of hydrogen-bond donors (Lipinski definition) is 2. The van der Waals surface area contributed by atoms with E-state index in [2.05, 4.69) is 50.3 Å². The molecule has 0 aliphatic rings. The number of esters is 2. The van der Waals surface area contributed by atoms with E-state index in [9.17, 15) is 19.8 Å². The summed E-state index contributed by atoms with van der Waals surface area (Å²) < 4.78 is 10.1. The molecular weight excluding hydrogens is 492 g/mol. The molecule has 220 valence electrons. The Bertz CT molecular complexity index is 775. The van der Waals surface area contributed by atoms with E-state index >= 15 is 0 Å².